The first-order chi connectivity index (χ1) is 8.70. The summed E-state index contributed by atoms with van der Waals surface area (Å²) in [4.78, 5) is 4.25. The van der Waals surface area contributed by atoms with Crippen LogP contribution in [0, 0.1) is 0 Å². The van der Waals surface area contributed by atoms with E-state index in [1.54, 1.807) is 6.20 Å². The lowest BCUT2D eigenvalue weighted by molar-refractivity contribution is 0.317. The van der Waals surface area contributed by atoms with Gasteiger partial charge in [0.25, 0.3) is 0 Å². The summed E-state index contributed by atoms with van der Waals surface area (Å²) < 4.78 is 8.71. The highest BCUT2D eigenvalue weighted by molar-refractivity contribution is 9.10. The van der Waals surface area contributed by atoms with Crippen molar-refractivity contribution in [2.45, 2.75) is 13.0 Å². The van der Waals surface area contributed by atoms with E-state index in [1.807, 2.05) is 36.0 Å². The molecule has 0 amide bonds. The summed E-state index contributed by atoms with van der Waals surface area (Å²) in [5, 5.41) is 0. The summed E-state index contributed by atoms with van der Waals surface area (Å²) in [5.41, 5.74) is 6.69. The molecule has 96 valence electrons. The van der Waals surface area contributed by atoms with Gasteiger partial charge in [0.15, 0.2) is 0 Å². The standard InChI is InChI=1S/C13H16BrN3O/c1-17-6-5-16-13(17)4-7-18-11-2-3-12(14)10(8-11)9-15/h2-3,5-6,8H,4,7,9,15H2,1H3. The van der Waals surface area contributed by atoms with E-state index in [1.165, 1.54) is 0 Å². The fraction of sp³-hybridized carbons (Fsp3) is 0.308. The molecule has 0 spiro atoms. The van der Waals surface area contributed by atoms with Crippen LogP contribution >= 0.6 is 15.9 Å². The van der Waals surface area contributed by atoms with Gasteiger partial charge < -0.3 is 15.0 Å². The molecule has 0 radical (unpaired) electrons. The Hall–Kier alpha value is -1.33. The van der Waals surface area contributed by atoms with Crippen molar-refractivity contribution in [3.05, 3.63) is 46.5 Å². The highest BCUT2D eigenvalue weighted by atomic mass is 79.9. The van der Waals surface area contributed by atoms with Crippen LogP contribution < -0.4 is 10.5 Å². The first kappa shape index (κ1) is 13.1. The van der Waals surface area contributed by atoms with Gasteiger partial charge in [0, 0.05) is 36.9 Å². The molecule has 0 unspecified atom stereocenters. The molecule has 0 aliphatic carbocycles. The summed E-state index contributed by atoms with van der Waals surface area (Å²) in [6, 6.07) is 5.85. The van der Waals surface area contributed by atoms with E-state index in [-0.39, 0.29) is 0 Å². The number of nitrogens with zero attached hydrogens (tertiary/aromatic N) is 2. The lowest BCUT2D eigenvalue weighted by Gasteiger charge is -2.08. The zero-order valence-corrected chi connectivity index (χ0v) is 11.9. The number of ether oxygens (including phenoxy) is 1. The molecular weight excluding hydrogens is 294 g/mol. The molecule has 5 heteroatoms. The van der Waals surface area contributed by atoms with Crippen LogP contribution in [0.5, 0.6) is 5.75 Å². The van der Waals surface area contributed by atoms with Crippen molar-refractivity contribution in [3.63, 3.8) is 0 Å². The lowest BCUT2D eigenvalue weighted by Crippen LogP contribution is -2.06. The van der Waals surface area contributed by atoms with Crippen molar-refractivity contribution in [1.82, 2.24) is 9.55 Å². The number of rotatable bonds is 5. The van der Waals surface area contributed by atoms with Gasteiger partial charge in [-0.2, -0.15) is 0 Å². The van der Waals surface area contributed by atoms with Crippen LogP contribution in [0.25, 0.3) is 0 Å². The summed E-state index contributed by atoms with van der Waals surface area (Å²) in [6.45, 7) is 1.10. The van der Waals surface area contributed by atoms with Gasteiger partial charge in [0.2, 0.25) is 0 Å². The molecule has 1 heterocycles. The highest BCUT2D eigenvalue weighted by Crippen LogP contribution is 2.22. The third-order valence-corrected chi connectivity index (χ3v) is 3.53. The Labute approximate surface area is 115 Å². The molecule has 2 rings (SSSR count). The van der Waals surface area contributed by atoms with Crippen LogP contribution in [0.2, 0.25) is 0 Å². The van der Waals surface area contributed by atoms with Gasteiger partial charge in [-0.3, -0.25) is 0 Å². The molecule has 2 N–H and O–H groups in total. The maximum atomic E-state index is 5.70. The van der Waals surface area contributed by atoms with Crippen molar-refractivity contribution in [1.29, 1.82) is 0 Å². The van der Waals surface area contributed by atoms with Gasteiger partial charge in [-0.15, -0.1) is 0 Å². The minimum Gasteiger partial charge on any atom is -0.493 e. The van der Waals surface area contributed by atoms with E-state index in [2.05, 4.69) is 20.9 Å². The van der Waals surface area contributed by atoms with Gasteiger partial charge in [-0.05, 0) is 23.8 Å². The molecule has 0 saturated heterocycles. The smallest absolute Gasteiger partial charge is 0.119 e. The van der Waals surface area contributed by atoms with Crippen molar-refractivity contribution in [2.75, 3.05) is 6.61 Å². The van der Waals surface area contributed by atoms with E-state index in [0.29, 0.717) is 13.2 Å². The second-order valence-corrected chi connectivity index (χ2v) is 4.86. The zero-order chi connectivity index (χ0) is 13.0. The van der Waals surface area contributed by atoms with Gasteiger partial charge in [-0.25, -0.2) is 4.98 Å². The number of hydrogen-bond acceptors (Lipinski definition) is 3. The molecule has 2 aromatic rings. The Morgan fingerprint density at radius 1 is 1.44 bits per heavy atom. The number of halogens is 1. The fourth-order valence-electron chi connectivity index (χ4n) is 1.69. The molecule has 0 bridgehead atoms. The number of benzene rings is 1. The number of hydrogen-bond donors (Lipinski definition) is 1. The first-order valence-electron chi connectivity index (χ1n) is 5.78. The molecule has 1 aromatic heterocycles. The maximum absolute atomic E-state index is 5.70. The minimum absolute atomic E-state index is 0.497. The van der Waals surface area contributed by atoms with Crippen molar-refractivity contribution in [3.8, 4) is 5.75 Å². The Morgan fingerprint density at radius 3 is 2.94 bits per heavy atom. The second-order valence-electron chi connectivity index (χ2n) is 4.01. The first-order valence-corrected chi connectivity index (χ1v) is 6.57. The third-order valence-electron chi connectivity index (χ3n) is 2.75. The van der Waals surface area contributed by atoms with Crippen LogP contribution in [0.15, 0.2) is 35.1 Å². The molecule has 0 saturated carbocycles. The van der Waals surface area contributed by atoms with Crippen LogP contribution in [-0.2, 0) is 20.0 Å². The summed E-state index contributed by atoms with van der Waals surface area (Å²) in [6.07, 6.45) is 4.51. The average molecular weight is 310 g/mol. The summed E-state index contributed by atoms with van der Waals surface area (Å²) >= 11 is 3.45. The molecule has 0 atom stereocenters. The highest BCUT2D eigenvalue weighted by Gasteiger charge is 2.03. The van der Waals surface area contributed by atoms with Crippen LogP contribution in [-0.4, -0.2) is 16.2 Å². The van der Waals surface area contributed by atoms with E-state index in [9.17, 15) is 0 Å². The Kier molecular flexibility index (Phi) is 4.38. The van der Waals surface area contributed by atoms with Crippen molar-refractivity contribution >= 4 is 15.9 Å². The van der Waals surface area contributed by atoms with E-state index < -0.39 is 0 Å². The lowest BCUT2D eigenvalue weighted by atomic mass is 10.2. The summed E-state index contributed by atoms with van der Waals surface area (Å²) in [5.74, 6) is 1.86. The van der Waals surface area contributed by atoms with Gasteiger partial charge in [0.05, 0.1) is 6.61 Å². The number of imidazole rings is 1. The average Bonchev–Trinajstić information content (AvgIpc) is 2.77. The Morgan fingerprint density at radius 2 is 2.28 bits per heavy atom. The van der Waals surface area contributed by atoms with Gasteiger partial charge in [-0.1, -0.05) is 15.9 Å². The minimum atomic E-state index is 0.497. The SMILES string of the molecule is Cn1ccnc1CCOc1ccc(Br)c(CN)c1. The number of nitrogens with two attached hydrogens (primary N) is 1. The molecule has 0 aliphatic rings. The van der Waals surface area contributed by atoms with E-state index in [0.717, 1.165) is 28.0 Å². The van der Waals surface area contributed by atoms with Crippen molar-refractivity contribution in [2.24, 2.45) is 12.8 Å². The monoisotopic (exact) mass is 309 g/mol. The van der Waals surface area contributed by atoms with Gasteiger partial charge in [0.1, 0.15) is 11.6 Å². The molecule has 0 fully saturated rings. The molecule has 4 nitrogen and oxygen atoms in total. The molecule has 0 aliphatic heterocycles. The normalized spacial score (nSPS) is 10.6. The predicted molar refractivity (Wildman–Crippen MR) is 74.4 cm³/mol. The second kappa shape index (κ2) is 6.02. The van der Waals surface area contributed by atoms with Crippen LogP contribution in [0.3, 0.4) is 0 Å². The number of aryl methyl sites for hydroxylation is 1. The molecular formula is C13H16BrN3O. The zero-order valence-electron chi connectivity index (χ0n) is 10.3. The van der Waals surface area contributed by atoms with Gasteiger partial charge >= 0.3 is 0 Å². The Balaban J connectivity index is 1.92. The quantitative estimate of drug-likeness (QED) is 0.921. The van der Waals surface area contributed by atoms with E-state index in [4.69, 9.17) is 10.5 Å². The van der Waals surface area contributed by atoms with Crippen LogP contribution in [0.1, 0.15) is 11.4 Å². The topological polar surface area (TPSA) is 53.1 Å². The third kappa shape index (κ3) is 3.11. The number of aromatic nitrogens is 2. The largest absolute Gasteiger partial charge is 0.493 e. The van der Waals surface area contributed by atoms with Crippen LogP contribution in [0.4, 0.5) is 0 Å². The Bertz CT molecular complexity index is 525. The van der Waals surface area contributed by atoms with Crippen molar-refractivity contribution < 1.29 is 4.74 Å². The fourth-order valence-corrected chi connectivity index (χ4v) is 2.10. The maximum Gasteiger partial charge on any atom is 0.119 e. The predicted octanol–water partition coefficient (Wildman–Crippen LogP) is 2.26. The van der Waals surface area contributed by atoms with E-state index >= 15 is 0 Å². The molecule has 18 heavy (non-hydrogen) atoms. The molecule has 1 aromatic carbocycles. The summed E-state index contributed by atoms with van der Waals surface area (Å²) in [7, 11) is 1.98.